The molecule has 0 aliphatic rings. The molecule has 1 heterocycles. The van der Waals surface area contributed by atoms with Gasteiger partial charge in [0.05, 0.1) is 13.7 Å². The number of carboxylic acids is 1. The Morgan fingerprint density at radius 2 is 1.65 bits per heavy atom. The van der Waals surface area contributed by atoms with E-state index in [1.807, 2.05) is 54.6 Å². The van der Waals surface area contributed by atoms with Crippen LogP contribution < -0.4 is 4.74 Å². The number of unbranched alkanes of at least 4 members (excludes halogenated alkanes) is 2. The predicted octanol–water partition coefficient (Wildman–Crippen LogP) is 5.73. The van der Waals surface area contributed by atoms with Crippen molar-refractivity contribution in [1.29, 1.82) is 0 Å². The molecule has 0 radical (unpaired) electrons. The third kappa shape index (κ3) is 5.54. The van der Waals surface area contributed by atoms with Gasteiger partial charge in [-0.05, 0) is 43.9 Å². The van der Waals surface area contributed by atoms with Gasteiger partial charge in [0.1, 0.15) is 22.8 Å². The maximum absolute atomic E-state index is 13.0. The van der Waals surface area contributed by atoms with Crippen molar-refractivity contribution in [2.45, 2.75) is 32.6 Å². The number of carboxylic acid groups (broad SMARTS) is 1. The van der Waals surface area contributed by atoms with Crippen LogP contribution in [-0.2, 0) is 9.53 Å². The average molecular weight is 422 g/mol. The van der Waals surface area contributed by atoms with Crippen LogP contribution in [0.1, 0.15) is 41.8 Å². The molecule has 1 N–H and O–H groups in total. The molecule has 0 saturated carbocycles. The second-order valence-electron chi connectivity index (χ2n) is 7.17. The Kier molecular flexibility index (Phi) is 7.49. The van der Waals surface area contributed by atoms with Crippen LogP contribution in [0.25, 0.3) is 22.5 Å². The molecule has 0 amide bonds. The van der Waals surface area contributed by atoms with E-state index < -0.39 is 11.9 Å². The lowest BCUT2D eigenvalue weighted by Gasteiger charge is -2.09. The summed E-state index contributed by atoms with van der Waals surface area (Å²) in [6, 6.07) is 17.1. The molecule has 0 saturated heterocycles. The number of benzene rings is 2. The standard InChI is InChI=1S/C25H26O6/c1-17-22(25(28)30-16-8-4-7-11-21(26)27)23(18-12-14-20(29-2)15-13-18)24(31-17)19-9-5-3-6-10-19/h3,5-6,9-10,12-15H,4,7-8,11,16H2,1-2H3,(H,26,27). The van der Waals surface area contributed by atoms with Gasteiger partial charge in [0.15, 0.2) is 0 Å². The van der Waals surface area contributed by atoms with Crippen LogP contribution in [0.15, 0.2) is 59.0 Å². The SMILES string of the molecule is COc1ccc(-c2c(-c3ccccc3)oc(C)c2C(=O)OCCCCCC(=O)O)cc1. The van der Waals surface area contributed by atoms with Crippen LogP contribution in [0, 0.1) is 6.92 Å². The molecule has 0 aliphatic carbocycles. The maximum atomic E-state index is 13.0. The number of methoxy groups -OCH3 is 1. The molecule has 0 atom stereocenters. The van der Waals surface area contributed by atoms with Gasteiger partial charge in [0.2, 0.25) is 0 Å². The molecule has 162 valence electrons. The Bertz CT molecular complexity index is 1020. The van der Waals surface area contributed by atoms with Crippen molar-refractivity contribution in [1.82, 2.24) is 0 Å². The first-order valence-corrected chi connectivity index (χ1v) is 10.2. The Hall–Kier alpha value is -3.54. The predicted molar refractivity (Wildman–Crippen MR) is 117 cm³/mol. The van der Waals surface area contributed by atoms with Gasteiger partial charge in [0.25, 0.3) is 0 Å². The number of hydrogen-bond acceptors (Lipinski definition) is 5. The van der Waals surface area contributed by atoms with Crippen LogP contribution in [0.3, 0.4) is 0 Å². The third-order valence-corrected chi connectivity index (χ3v) is 4.97. The summed E-state index contributed by atoms with van der Waals surface area (Å²) in [5, 5.41) is 8.70. The zero-order valence-electron chi connectivity index (χ0n) is 17.7. The lowest BCUT2D eigenvalue weighted by Crippen LogP contribution is -2.08. The number of rotatable bonds is 10. The molecule has 0 aliphatic heterocycles. The van der Waals surface area contributed by atoms with Crippen molar-refractivity contribution in [3.63, 3.8) is 0 Å². The summed E-state index contributed by atoms with van der Waals surface area (Å²) in [6.45, 7) is 1.98. The topological polar surface area (TPSA) is 86.0 Å². The van der Waals surface area contributed by atoms with Gasteiger partial charge in [0, 0.05) is 17.5 Å². The molecule has 6 heteroatoms. The van der Waals surface area contributed by atoms with Gasteiger partial charge in [-0.2, -0.15) is 0 Å². The molecule has 6 nitrogen and oxygen atoms in total. The van der Waals surface area contributed by atoms with Crippen LogP contribution in [0.2, 0.25) is 0 Å². The molecule has 2 aromatic carbocycles. The van der Waals surface area contributed by atoms with Crippen LogP contribution in [0.5, 0.6) is 5.75 Å². The van der Waals surface area contributed by atoms with Crippen molar-refractivity contribution >= 4 is 11.9 Å². The van der Waals surface area contributed by atoms with Gasteiger partial charge in [-0.25, -0.2) is 4.79 Å². The molecule has 0 unspecified atom stereocenters. The van der Waals surface area contributed by atoms with Gasteiger partial charge in [-0.15, -0.1) is 0 Å². The van der Waals surface area contributed by atoms with Crippen LogP contribution >= 0.6 is 0 Å². The fourth-order valence-corrected chi connectivity index (χ4v) is 3.41. The number of hydrogen-bond donors (Lipinski definition) is 1. The Morgan fingerprint density at radius 3 is 2.29 bits per heavy atom. The highest BCUT2D eigenvalue weighted by Crippen LogP contribution is 2.40. The fraction of sp³-hybridized carbons (Fsp3) is 0.280. The number of ether oxygens (including phenoxy) is 2. The Morgan fingerprint density at radius 1 is 0.935 bits per heavy atom. The van der Waals surface area contributed by atoms with Gasteiger partial charge < -0.3 is 19.0 Å². The Balaban J connectivity index is 1.87. The molecular formula is C25H26O6. The summed E-state index contributed by atoms with van der Waals surface area (Å²) in [7, 11) is 1.60. The van der Waals surface area contributed by atoms with E-state index in [1.54, 1.807) is 14.0 Å². The largest absolute Gasteiger partial charge is 0.497 e. The number of aryl methyl sites for hydroxylation is 1. The van der Waals surface area contributed by atoms with E-state index in [1.165, 1.54) is 0 Å². The second kappa shape index (κ2) is 10.5. The second-order valence-corrected chi connectivity index (χ2v) is 7.17. The van der Waals surface area contributed by atoms with E-state index in [4.69, 9.17) is 19.0 Å². The molecule has 1 aromatic heterocycles. The number of carbonyl (C=O) groups is 2. The molecule has 31 heavy (non-hydrogen) atoms. The van der Waals surface area contributed by atoms with Crippen molar-refractivity contribution in [2.24, 2.45) is 0 Å². The van der Waals surface area contributed by atoms with Gasteiger partial charge in [-0.1, -0.05) is 42.5 Å². The number of esters is 1. The van der Waals surface area contributed by atoms with E-state index >= 15 is 0 Å². The third-order valence-electron chi connectivity index (χ3n) is 4.97. The van der Waals surface area contributed by atoms with E-state index in [2.05, 4.69) is 0 Å². The van der Waals surface area contributed by atoms with Crippen molar-refractivity contribution < 1.29 is 28.6 Å². The summed E-state index contributed by atoms with van der Waals surface area (Å²) >= 11 is 0. The zero-order chi connectivity index (χ0) is 22.2. The number of furan rings is 1. The zero-order valence-corrected chi connectivity index (χ0v) is 17.7. The van der Waals surface area contributed by atoms with Crippen molar-refractivity contribution in [3.8, 4) is 28.2 Å². The highest BCUT2D eigenvalue weighted by atomic mass is 16.5. The summed E-state index contributed by atoms with van der Waals surface area (Å²) < 4.78 is 16.8. The molecule has 0 fully saturated rings. The minimum Gasteiger partial charge on any atom is -0.497 e. The van der Waals surface area contributed by atoms with E-state index in [9.17, 15) is 9.59 Å². The number of carbonyl (C=O) groups excluding carboxylic acids is 1. The van der Waals surface area contributed by atoms with E-state index in [0.29, 0.717) is 41.9 Å². The normalized spacial score (nSPS) is 10.6. The summed E-state index contributed by atoms with van der Waals surface area (Å²) in [6.07, 6.45) is 1.98. The minimum atomic E-state index is -0.816. The van der Waals surface area contributed by atoms with Crippen molar-refractivity contribution in [3.05, 3.63) is 65.9 Å². The quantitative estimate of drug-likeness (QED) is 0.332. The van der Waals surface area contributed by atoms with Gasteiger partial charge in [-0.3, -0.25) is 4.79 Å². The first-order valence-electron chi connectivity index (χ1n) is 10.2. The molecule has 3 rings (SSSR count). The summed E-state index contributed by atoms with van der Waals surface area (Å²) in [4.78, 5) is 23.6. The highest BCUT2D eigenvalue weighted by Gasteiger charge is 2.26. The lowest BCUT2D eigenvalue weighted by molar-refractivity contribution is -0.137. The maximum Gasteiger partial charge on any atom is 0.342 e. The first kappa shape index (κ1) is 22.2. The monoisotopic (exact) mass is 422 g/mol. The van der Waals surface area contributed by atoms with E-state index in [0.717, 1.165) is 16.9 Å². The fourth-order valence-electron chi connectivity index (χ4n) is 3.41. The lowest BCUT2D eigenvalue weighted by atomic mass is 9.97. The summed E-state index contributed by atoms with van der Waals surface area (Å²) in [5.74, 6) is 0.545. The van der Waals surface area contributed by atoms with Crippen LogP contribution in [0.4, 0.5) is 0 Å². The minimum absolute atomic E-state index is 0.122. The van der Waals surface area contributed by atoms with E-state index in [-0.39, 0.29) is 13.0 Å². The molecule has 3 aromatic rings. The highest BCUT2D eigenvalue weighted by molar-refractivity contribution is 6.02. The molecule has 0 bridgehead atoms. The van der Waals surface area contributed by atoms with Crippen molar-refractivity contribution in [2.75, 3.05) is 13.7 Å². The average Bonchev–Trinajstić information content (AvgIpc) is 3.13. The first-order chi connectivity index (χ1) is 15.0. The van der Waals surface area contributed by atoms with Crippen LogP contribution in [-0.4, -0.2) is 30.8 Å². The Labute approximate surface area is 181 Å². The molecule has 0 spiro atoms. The number of aliphatic carboxylic acids is 1. The summed E-state index contributed by atoms with van der Waals surface area (Å²) in [5.41, 5.74) is 2.77. The van der Waals surface area contributed by atoms with Gasteiger partial charge >= 0.3 is 11.9 Å². The smallest absolute Gasteiger partial charge is 0.342 e. The molecular weight excluding hydrogens is 396 g/mol.